The number of amides is 1. The van der Waals surface area contributed by atoms with E-state index in [2.05, 4.69) is 4.98 Å². The second-order valence-corrected chi connectivity index (χ2v) is 7.33. The Kier molecular flexibility index (Phi) is 4.39. The average molecular weight is 331 g/mol. The van der Waals surface area contributed by atoms with Crippen LogP contribution in [0.4, 0.5) is 10.6 Å². The van der Waals surface area contributed by atoms with Crippen LogP contribution in [0.25, 0.3) is 5.57 Å². The highest BCUT2D eigenvalue weighted by molar-refractivity contribution is 5.75. The first-order chi connectivity index (χ1) is 11.3. The summed E-state index contributed by atoms with van der Waals surface area (Å²) in [4.78, 5) is 18.0. The zero-order valence-corrected chi connectivity index (χ0v) is 14.5. The van der Waals surface area contributed by atoms with Crippen molar-refractivity contribution in [2.24, 2.45) is 0 Å². The summed E-state index contributed by atoms with van der Waals surface area (Å²) in [7, 11) is 0. The van der Waals surface area contributed by atoms with Crippen molar-refractivity contribution < 1.29 is 14.3 Å². The van der Waals surface area contributed by atoms with Gasteiger partial charge in [0.15, 0.2) is 0 Å². The molecule has 1 aliphatic carbocycles. The van der Waals surface area contributed by atoms with Crippen LogP contribution in [-0.2, 0) is 4.74 Å². The van der Waals surface area contributed by atoms with E-state index in [1.807, 2.05) is 26.8 Å². The van der Waals surface area contributed by atoms with Crippen LogP contribution in [0.3, 0.4) is 0 Å². The largest absolute Gasteiger partial charge is 0.490 e. The molecule has 1 saturated carbocycles. The predicted molar refractivity (Wildman–Crippen MR) is 92.7 cm³/mol. The lowest BCUT2D eigenvalue weighted by Crippen LogP contribution is -2.39. The number of rotatable bonds is 3. The number of anilines is 1. The van der Waals surface area contributed by atoms with Gasteiger partial charge in [-0.2, -0.15) is 0 Å². The van der Waals surface area contributed by atoms with Gasteiger partial charge in [0.25, 0.3) is 0 Å². The summed E-state index contributed by atoms with van der Waals surface area (Å²) < 4.78 is 11.4. The van der Waals surface area contributed by atoms with Gasteiger partial charge >= 0.3 is 6.09 Å². The van der Waals surface area contributed by atoms with E-state index in [0.29, 0.717) is 25.0 Å². The predicted octanol–water partition coefficient (Wildman–Crippen LogP) is 3.23. The number of aromatic nitrogens is 1. The molecule has 0 atom stereocenters. The fourth-order valence-corrected chi connectivity index (χ4v) is 2.56. The van der Waals surface area contributed by atoms with E-state index in [-0.39, 0.29) is 6.09 Å². The third kappa shape index (κ3) is 4.19. The number of ether oxygens (including phenoxy) is 2. The highest BCUT2D eigenvalue weighted by Gasteiger charge is 2.27. The van der Waals surface area contributed by atoms with Crippen LogP contribution in [0.5, 0.6) is 5.75 Å². The second kappa shape index (κ2) is 6.34. The Balaban J connectivity index is 1.72. The lowest BCUT2D eigenvalue weighted by molar-refractivity contribution is 0.0270. The number of carbonyl (C=O) groups is 1. The minimum atomic E-state index is -0.479. The summed E-state index contributed by atoms with van der Waals surface area (Å²) in [6.07, 6.45) is 6.75. The van der Waals surface area contributed by atoms with E-state index in [0.717, 1.165) is 36.1 Å². The molecule has 0 radical (unpaired) electrons. The molecule has 1 fully saturated rings. The number of hydrogen-bond donors (Lipinski definition) is 1. The van der Waals surface area contributed by atoms with Crippen LogP contribution in [0.15, 0.2) is 18.3 Å². The van der Waals surface area contributed by atoms with E-state index in [4.69, 9.17) is 15.2 Å². The zero-order valence-electron chi connectivity index (χ0n) is 14.5. The fourth-order valence-electron chi connectivity index (χ4n) is 2.56. The molecule has 2 N–H and O–H groups in total. The van der Waals surface area contributed by atoms with Gasteiger partial charge in [-0.1, -0.05) is 6.08 Å². The molecule has 0 spiro atoms. The van der Waals surface area contributed by atoms with Crippen molar-refractivity contribution in [3.63, 3.8) is 0 Å². The smallest absolute Gasteiger partial charge is 0.410 e. The highest BCUT2D eigenvalue weighted by Crippen LogP contribution is 2.35. The SMILES string of the molecule is CC(C)(C)OC(=O)N1CC=C(c2cnc(N)cc2OC2CC2)CC1. The topological polar surface area (TPSA) is 77.7 Å². The summed E-state index contributed by atoms with van der Waals surface area (Å²) in [6, 6.07) is 1.79. The number of carbonyl (C=O) groups excluding carboxylic acids is 1. The lowest BCUT2D eigenvalue weighted by Gasteiger charge is -2.30. The Morgan fingerprint density at radius 2 is 2.12 bits per heavy atom. The maximum absolute atomic E-state index is 12.1. The normalized spacial score (nSPS) is 18.1. The van der Waals surface area contributed by atoms with Crippen molar-refractivity contribution in [3.8, 4) is 5.75 Å². The molecule has 0 saturated heterocycles. The van der Waals surface area contributed by atoms with Crippen LogP contribution in [0.1, 0.15) is 45.6 Å². The molecular weight excluding hydrogens is 306 g/mol. The standard InChI is InChI=1S/C18H25N3O3/c1-18(2,3)24-17(22)21-8-6-12(7-9-21)14-11-20-16(19)10-15(14)23-13-4-5-13/h6,10-11,13H,4-5,7-9H2,1-3H3,(H2,19,20). The molecule has 0 unspecified atom stereocenters. The van der Waals surface area contributed by atoms with Crippen LogP contribution in [0, 0.1) is 0 Å². The van der Waals surface area contributed by atoms with Crippen LogP contribution < -0.4 is 10.5 Å². The lowest BCUT2D eigenvalue weighted by atomic mass is 10.0. The summed E-state index contributed by atoms with van der Waals surface area (Å²) in [5.41, 5.74) is 7.42. The van der Waals surface area contributed by atoms with Crippen molar-refractivity contribution in [1.82, 2.24) is 9.88 Å². The van der Waals surface area contributed by atoms with Crippen LogP contribution in [0.2, 0.25) is 0 Å². The van der Waals surface area contributed by atoms with E-state index in [9.17, 15) is 4.79 Å². The van der Waals surface area contributed by atoms with E-state index < -0.39 is 5.60 Å². The maximum atomic E-state index is 12.1. The molecule has 0 aromatic carbocycles. The summed E-state index contributed by atoms with van der Waals surface area (Å²) >= 11 is 0. The minimum Gasteiger partial charge on any atom is -0.490 e. The monoisotopic (exact) mass is 331 g/mol. The second-order valence-electron chi connectivity index (χ2n) is 7.33. The van der Waals surface area contributed by atoms with Gasteiger partial charge in [-0.3, -0.25) is 0 Å². The van der Waals surface area contributed by atoms with Gasteiger partial charge in [0.05, 0.1) is 6.10 Å². The molecule has 1 amide bonds. The first-order valence-corrected chi connectivity index (χ1v) is 8.41. The van der Waals surface area contributed by atoms with Gasteiger partial charge in [-0.05, 0) is 45.6 Å². The van der Waals surface area contributed by atoms with Gasteiger partial charge in [-0.25, -0.2) is 9.78 Å². The first-order valence-electron chi connectivity index (χ1n) is 8.41. The van der Waals surface area contributed by atoms with Gasteiger partial charge in [0, 0.05) is 30.9 Å². The molecule has 1 aromatic heterocycles. The molecule has 2 heterocycles. The number of hydrogen-bond acceptors (Lipinski definition) is 5. The third-order valence-corrected chi connectivity index (χ3v) is 3.91. The molecule has 3 rings (SSSR count). The number of nitrogens with two attached hydrogens (primary N) is 1. The highest BCUT2D eigenvalue weighted by atomic mass is 16.6. The molecule has 2 aliphatic rings. The molecule has 24 heavy (non-hydrogen) atoms. The number of nitrogen functional groups attached to an aromatic ring is 1. The Hall–Kier alpha value is -2.24. The molecule has 6 nitrogen and oxygen atoms in total. The Labute approximate surface area is 142 Å². The van der Waals surface area contributed by atoms with Gasteiger partial charge in [0.1, 0.15) is 17.2 Å². The van der Waals surface area contributed by atoms with Gasteiger partial charge < -0.3 is 20.1 Å². The first kappa shape index (κ1) is 16.6. The minimum absolute atomic E-state index is 0.275. The van der Waals surface area contributed by atoms with Gasteiger partial charge in [-0.15, -0.1) is 0 Å². The Morgan fingerprint density at radius 3 is 2.71 bits per heavy atom. The van der Waals surface area contributed by atoms with Crippen molar-refractivity contribution in [3.05, 3.63) is 23.9 Å². The van der Waals surface area contributed by atoms with E-state index in [1.54, 1.807) is 17.2 Å². The quantitative estimate of drug-likeness (QED) is 0.920. The Bertz CT molecular complexity index is 660. The maximum Gasteiger partial charge on any atom is 0.410 e. The van der Waals surface area contributed by atoms with E-state index >= 15 is 0 Å². The summed E-state index contributed by atoms with van der Waals surface area (Å²) in [5, 5.41) is 0. The fraction of sp³-hybridized carbons (Fsp3) is 0.556. The molecular formula is C18H25N3O3. The number of nitrogens with zero attached hydrogens (tertiary/aromatic N) is 2. The van der Waals surface area contributed by atoms with Gasteiger partial charge in [0.2, 0.25) is 0 Å². The Morgan fingerprint density at radius 1 is 1.38 bits per heavy atom. The molecule has 6 heteroatoms. The summed E-state index contributed by atoms with van der Waals surface area (Å²) in [6.45, 7) is 6.76. The van der Waals surface area contributed by atoms with Crippen molar-refractivity contribution in [1.29, 1.82) is 0 Å². The van der Waals surface area contributed by atoms with E-state index in [1.165, 1.54) is 0 Å². The average Bonchev–Trinajstić information content (AvgIpc) is 3.30. The zero-order chi connectivity index (χ0) is 17.3. The van der Waals surface area contributed by atoms with Crippen molar-refractivity contribution >= 4 is 17.5 Å². The molecule has 0 bridgehead atoms. The van der Waals surface area contributed by atoms with Crippen LogP contribution >= 0.6 is 0 Å². The molecule has 130 valence electrons. The van der Waals surface area contributed by atoms with Crippen molar-refractivity contribution in [2.75, 3.05) is 18.8 Å². The third-order valence-electron chi connectivity index (χ3n) is 3.91. The summed E-state index contributed by atoms with van der Waals surface area (Å²) in [5.74, 6) is 1.25. The van der Waals surface area contributed by atoms with Crippen LogP contribution in [-0.4, -0.2) is 40.8 Å². The number of pyridine rings is 1. The molecule has 1 aliphatic heterocycles. The van der Waals surface area contributed by atoms with Crippen molar-refractivity contribution in [2.45, 2.75) is 51.7 Å². The molecule has 1 aromatic rings.